The summed E-state index contributed by atoms with van der Waals surface area (Å²) < 4.78 is 5.42. The Morgan fingerprint density at radius 2 is 1.40 bits per heavy atom. The van der Waals surface area contributed by atoms with E-state index in [1.807, 2.05) is 24.3 Å². The lowest BCUT2D eigenvalue weighted by Gasteiger charge is -2.45. The molecule has 6 heteroatoms. The third-order valence-corrected chi connectivity index (χ3v) is 9.56. The predicted molar refractivity (Wildman–Crippen MR) is 133 cm³/mol. The molecule has 1 aromatic heterocycles. The first-order valence-electron chi connectivity index (χ1n) is 12.5. The predicted octanol–water partition coefficient (Wildman–Crippen LogP) is 5.20. The number of aryl methyl sites for hydroxylation is 1. The van der Waals surface area contributed by atoms with Crippen molar-refractivity contribution < 1.29 is 19.1 Å². The second kappa shape index (κ2) is 7.62. The van der Waals surface area contributed by atoms with E-state index in [9.17, 15) is 14.4 Å². The number of hydrogen-bond donors (Lipinski definition) is 0. The number of ether oxygens (including phenoxy) is 1. The molecule has 2 heterocycles. The molecule has 1 fully saturated rings. The van der Waals surface area contributed by atoms with Crippen molar-refractivity contribution in [2.75, 3.05) is 11.5 Å². The van der Waals surface area contributed by atoms with Gasteiger partial charge in [0, 0.05) is 16.7 Å². The second-order valence-corrected chi connectivity index (χ2v) is 11.0. The van der Waals surface area contributed by atoms with Crippen molar-refractivity contribution in [3.05, 3.63) is 86.8 Å². The molecule has 8 rings (SSSR count). The molecule has 0 saturated carbocycles. The Morgan fingerprint density at radius 1 is 0.886 bits per heavy atom. The fourth-order valence-electron chi connectivity index (χ4n) is 7.00. The van der Waals surface area contributed by atoms with Gasteiger partial charge in [-0.1, -0.05) is 48.5 Å². The Hall–Kier alpha value is -3.25. The molecule has 2 atom stereocenters. The van der Waals surface area contributed by atoms with Crippen LogP contribution in [-0.4, -0.2) is 24.4 Å². The molecule has 5 nitrogen and oxygen atoms in total. The first kappa shape index (κ1) is 21.1. The molecule has 5 aliphatic rings. The van der Waals surface area contributed by atoms with Crippen molar-refractivity contribution >= 4 is 34.1 Å². The zero-order valence-electron chi connectivity index (χ0n) is 19.5. The summed E-state index contributed by atoms with van der Waals surface area (Å²) in [4.78, 5) is 43.9. The van der Waals surface area contributed by atoms with Crippen LogP contribution in [0.2, 0.25) is 0 Å². The van der Waals surface area contributed by atoms with Gasteiger partial charge in [0.1, 0.15) is 5.00 Å². The largest absolute Gasteiger partial charge is 0.462 e. The molecule has 2 amide bonds. The van der Waals surface area contributed by atoms with Gasteiger partial charge in [-0.05, 0) is 60.4 Å². The standard InChI is InChI=1S/C29H25NO4S/c1-2-34-29(33)23-19-13-7-8-14-20(19)35-28(23)30-26(31)24-21-15-9-3-4-10-16(15)22(25(24)27(30)32)18-12-6-5-11-17(18)21/h3-6,9-12,21-22,24-25H,2,7-8,13-14H2,1H3. The van der Waals surface area contributed by atoms with Gasteiger partial charge in [-0.2, -0.15) is 0 Å². The lowest BCUT2D eigenvalue weighted by atomic mass is 9.55. The van der Waals surface area contributed by atoms with Gasteiger partial charge >= 0.3 is 5.97 Å². The van der Waals surface area contributed by atoms with E-state index in [4.69, 9.17) is 4.74 Å². The number of rotatable bonds is 3. The Balaban J connectivity index is 1.41. The highest BCUT2D eigenvalue weighted by Crippen LogP contribution is 2.62. The number of imide groups is 1. The third-order valence-electron chi connectivity index (χ3n) is 8.28. The number of hydrogen-bond acceptors (Lipinski definition) is 5. The van der Waals surface area contributed by atoms with Gasteiger partial charge < -0.3 is 4.74 Å². The lowest BCUT2D eigenvalue weighted by Crippen LogP contribution is -2.41. The van der Waals surface area contributed by atoms with E-state index < -0.39 is 17.8 Å². The Kier molecular flexibility index (Phi) is 4.59. The first-order chi connectivity index (χ1) is 17.1. The van der Waals surface area contributed by atoms with E-state index in [1.165, 1.54) is 16.2 Å². The van der Waals surface area contributed by atoms with E-state index in [1.54, 1.807) is 6.92 Å². The van der Waals surface area contributed by atoms with E-state index in [-0.39, 0.29) is 30.3 Å². The molecule has 35 heavy (non-hydrogen) atoms. The van der Waals surface area contributed by atoms with Gasteiger partial charge in [-0.25, -0.2) is 9.69 Å². The summed E-state index contributed by atoms with van der Waals surface area (Å²) in [5.74, 6) is -1.99. The van der Waals surface area contributed by atoms with Crippen LogP contribution in [0.3, 0.4) is 0 Å². The maximum atomic E-state index is 14.2. The molecule has 2 aromatic carbocycles. The molecule has 2 unspecified atom stereocenters. The number of carbonyl (C=O) groups is 3. The average Bonchev–Trinajstić information content (AvgIpc) is 3.39. The number of fused-ring (bicyclic) bond motifs is 1. The second-order valence-electron chi connectivity index (χ2n) is 9.89. The minimum absolute atomic E-state index is 0.153. The molecule has 1 aliphatic heterocycles. The summed E-state index contributed by atoms with van der Waals surface area (Å²) in [5.41, 5.74) is 6.01. The highest BCUT2D eigenvalue weighted by molar-refractivity contribution is 7.17. The smallest absolute Gasteiger partial charge is 0.341 e. The number of thiophene rings is 1. The SMILES string of the molecule is CCOC(=O)c1c(N2C(=O)C3C4c5ccccc5C(c5ccccc54)C3C2=O)sc2c1CCCC2. The maximum Gasteiger partial charge on any atom is 0.341 e. The van der Waals surface area contributed by atoms with Crippen molar-refractivity contribution in [3.63, 3.8) is 0 Å². The van der Waals surface area contributed by atoms with Crippen LogP contribution in [0.4, 0.5) is 5.00 Å². The van der Waals surface area contributed by atoms with Gasteiger partial charge in [0.25, 0.3) is 0 Å². The van der Waals surface area contributed by atoms with Crippen LogP contribution in [0.15, 0.2) is 48.5 Å². The van der Waals surface area contributed by atoms with E-state index in [0.717, 1.165) is 58.4 Å². The molecule has 4 aliphatic carbocycles. The van der Waals surface area contributed by atoms with E-state index >= 15 is 0 Å². The van der Waals surface area contributed by atoms with Crippen LogP contribution in [0.1, 0.15) is 74.7 Å². The summed E-state index contributed by atoms with van der Waals surface area (Å²) >= 11 is 1.44. The molecule has 1 saturated heterocycles. The fourth-order valence-corrected chi connectivity index (χ4v) is 8.39. The summed E-state index contributed by atoms with van der Waals surface area (Å²) in [6.45, 7) is 2.04. The maximum absolute atomic E-state index is 14.2. The van der Waals surface area contributed by atoms with Crippen molar-refractivity contribution in [3.8, 4) is 0 Å². The monoisotopic (exact) mass is 483 g/mol. The van der Waals surface area contributed by atoms with Gasteiger partial charge in [-0.3, -0.25) is 9.59 Å². The van der Waals surface area contributed by atoms with Crippen molar-refractivity contribution in [2.45, 2.75) is 44.4 Å². The molecule has 176 valence electrons. The van der Waals surface area contributed by atoms with Crippen LogP contribution in [-0.2, 0) is 27.2 Å². The van der Waals surface area contributed by atoms with Crippen LogP contribution < -0.4 is 4.90 Å². The summed E-state index contributed by atoms with van der Waals surface area (Å²) in [5, 5.41) is 0.479. The molecular weight excluding hydrogens is 458 g/mol. The highest BCUT2D eigenvalue weighted by atomic mass is 32.1. The van der Waals surface area contributed by atoms with E-state index in [0.29, 0.717) is 10.6 Å². The molecule has 0 N–H and O–H groups in total. The van der Waals surface area contributed by atoms with Crippen LogP contribution in [0, 0.1) is 11.8 Å². The summed E-state index contributed by atoms with van der Waals surface area (Å²) in [6, 6.07) is 16.5. The van der Waals surface area contributed by atoms with Crippen LogP contribution >= 0.6 is 11.3 Å². The third kappa shape index (κ3) is 2.72. The van der Waals surface area contributed by atoms with Gasteiger partial charge in [0.2, 0.25) is 11.8 Å². The fraction of sp³-hybridized carbons (Fsp3) is 0.345. The number of esters is 1. The van der Waals surface area contributed by atoms with Crippen LogP contribution in [0.25, 0.3) is 0 Å². The lowest BCUT2D eigenvalue weighted by molar-refractivity contribution is -0.122. The minimum atomic E-state index is -0.452. The molecule has 0 radical (unpaired) electrons. The Bertz CT molecular complexity index is 1310. The first-order valence-corrected chi connectivity index (χ1v) is 13.3. The topological polar surface area (TPSA) is 63.7 Å². The van der Waals surface area contributed by atoms with E-state index in [2.05, 4.69) is 24.3 Å². The zero-order chi connectivity index (χ0) is 23.8. The molecule has 3 aromatic rings. The zero-order valence-corrected chi connectivity index (χ0v) is 20.3. The number of nitrogens with zero attached hydrogens (tertiary/aromatic N) is 1. The normalized spacial score (nSPS) is 25.7. The van der Waals surface area contributed by atoms with Gasteiger partial charge in [0.05, 0.1) is 24.0 Å². The average molecular weight is 484 g/mol. The Labute approximate surface area is 207 Å². The van der Waals surface area contributed by atoms with Gasteiger partial charge in [0.15, 0.2) is 0 Å². The van der Waals surface area contributed by atoms with Gasteiger partial charge in [-0.15, -0.1) is 11.3 Å². The summed E-state index contributed by atoms with van der Waals surface area (Å²) in [7, 11) is 0. The molecule has 2 bridgehead atoms. The van der Waals surface area contributed by atoms with Crippen molar-refractivity contribution in [1.82, 2.24) is 0 Å². The van der Waals surface area contributed by atoms with Crippen molar-refractivity contribution in [2.24, 2.45) is 11.8 Å². The Morgan fingerprint density at radius 3 is 1.91 bits per heavy atom. The highest BCUT2D eigenvalue weighted by Gasteiger charge is 2.62. The molecule has 0 spiro atoms. The number of benzene rings is 2. The summed E-state index contributed by atoms with van der Waals surface area (Å²) in [6.07, 6.45) is 3.71. The number of amides is 2. The molecular formula is C29H25NO4S. The van der Waals surface area contributed by atoms with Crippen LogP contribution in [0.5, 0.6) is 0 Å². The minimum Gasteiger partial charge on any atom is -0.462 e. The number of anilines is 1. The number of carbonyl (C=O) groups excluding carboxylic acids is 3. The van der Waals surface area contributed by atoms with Crippen molar-refractivity contribution in [1.29, 1.82) is 0 Å². The quantitative estimate of drug-likeness (QED) is 0.379.